The summed E-state index contributed by atoms with van der Waals surface area (Å²) in [5.41, 5.74) is 3.63. The molecular weight excluding hydrogens is 498 g/mol. The summed E-state index contributed by atoms with van der Waals surface area (Å²) in [5, 5.41) is 7.34. The van der Waals surface area contributed by atoms with Crippen LogP contribution >= 0.6 is 27.5 Å². The molecule has 0 saturated carbocycles. The second-order valence-corrected chi connectivity index (χ2v) is 8.65. The molecule has 0 saturated heterocycles. The van der Waals surface area contributed by atoms with Gasteiger partial charge in [-0.3, -0.25) is 9.59 Å². The van der Waals surface area contributed by atoms with Gasteiger partial charge in [0.25, 0.3) is 11.8 Å². The van der Waals surface area contributed by atoms with Gasteiger partial charge < -0.3 is 14.8 Å². The van der Waals surface area contributed by atoms with Crippen molar-refractivity contribution in [2.45, 2.75) is 33.2 Å². The van der Waals surface area contributed by atoms with Crippen LogP contribution in [-0.2, 0) is 4.79 Å². The van der Waals surface area contributed by atoms with Crippen LogP contribution in [0.2, 0.25) is 5.02 Å². The first-order valence-electron chi connectivity index (χ1n) is 10.1. The lowest BCUT2D eigenvalue weighted by molar-refractivity contribution is -0.123. The molecule has 0 aliphatic carbocycles. The molecule has 1 atom stereocenters. The molecule has 9 heteroatoms. The zero-order valence-corrected chi connectivity index (χ0v) is 20.8. The maximum atomic E-state index is 12.7. The van der Waals surface area contributed by atoms with Gasteiger partial charge in [0.15, 0.2) is 11.5 Å². The minimum absolute atomic E-state index is 0.187. The van der Waals surface area contributed by atoms with Gasteiger partial charge in [-0.15, -0.1) is 0 Å². The molecule has 2 N–H and O–H groups in total. The van der Waals surface area contributed by atoms with E-state index in [1.165, 1.54) is 6.21 Å². The van der Waals surface area contributed by atoms with E-state index in [2.05, 4.69) is 31.8 Å². The van der Waals surface area contributed by atoms with E-state index in [4.69, 9.17) is 21.1 Å². The highest BCUT2D eigenvalue weighted by Crippen LogP contribution is 2.36. The number of carbonyl (C=O) groups is 2. The number of nitrogens with one attached hydrogen (secondary N) is 2. The molecule has 0 aromatic heterocycles. The first kappa shape index (κ1) is 25.7. The molecular formula is C23H27BrClN3O4. The molecule has 0 bridgehead atoms. The first-order chi connectivity index (χ1) is 15.2. The van der Waals surface area contributed by atoms with Gasteiger partial charge in [-0.05, 0) is 77.2 Å². The molecule has 2 aromatic rings. The lowest BCUT2D eigenvalue weighted by atomic mass is 10.0. The lowest BCUT2D eigenvalue weighted by Crippen LogP contribution is -2.46. The van der Waals surface area contributed by atoms with Gasteiger partial charge >= 0.3 is 0 Å². The molecule has 0 heterocycles. The molecule has 0 radical (unpaired) electrons. The van der Waals surface area contributed by atoms with E-state index in [0.29, 0.717) is 45.1 Å². The Bertz CT molecular complexity index is 964. The van der Waals surface area contributed by atoms with Crippen molar-refractivity contribution in [1.82, 2.24) is 10.7 Å². The zero-order chi connectivity index (χ0) is 23.7. The summed E-state index contributed by atoms with van der Waals surface area (Å²) in [6, 6.07) is 9.28. The van der Waals surface area contributed by atoms with Crippen LogP contribution in [0.5, 0.6) is 11.5 Å². The number of carbonyl (C=O) groups excluding carboxylic acids is 2. The third kappa shape index (κ3) is 7.53. The third-order valence-corrected chi connectivity index (χ3v) is 5.21. The summed E-state index contributed by atoms with van der Waals surface area (Å²) in [6.07, 6.45) is 1.96. The Morgan fingerprint density at radius 1 is 1.22 bits per heavy atom. The monoisotopic (exact) mass is 523 g/mol. The minimum Gasteiger partial charge on any atom is -0.493 e. The van der Waals surface area contributed by atoms with Gasteiger partial charge in [0.2, 0.25) is 0 Å². The number of nitrogens with zero attached hydrogens (tertiary/aromatic N) is 1. The van der Waals surface area contributed by atoms with Gasteiger partial charge in [-0.1, -0.05) is 25.4 Å². The van der Waals surface area contributed by atoms with Crippen molar-refractivity contribution < 1.29 is 19.1 Å². The van der Waals surface area contributed by atoms with Crippen LogP contribution in [0.15, 0.2) is 46.0 Å². The highest BCUT2D eigenvalue weighted by atomic mass is 79.9. The minimum atomic E-state index is -0.739. The third-order valence-electron chi connectivity index (χ3n) is 4.36. The summed E-state index contributed by atoms with van der Waals surface area (Å²) >= 11 is 9.33. The number of benzene rings is 2. The quantitative estimate of drug-likeness (QED) is 0.345. The smallest absolute Gasteiger partial charge is 0.262 e. The van der Waals surface area contributed by atoms with Crippen LogP contribution in [0.4, 0.5) is 0 Å². The topological polar surface area (TPSA) is 89.0 Å². The number of halogens is 2. The summed E-state index contributed by atoms with van der Waals surface area (Å²) in [5.74, 6) is 0.562. The Morgan fingerprint density at radius 2 is 1.91 bits per heavy atom. The molecule has 2 aromatic carbocycles. The zero-order valence-electron chi connectivity index (χ0n) is 18.4. The number of methoxy groups -OCH3 is 1. The van der Waals surface area contributed by atoms with E-state index in [9.17, 15) is 9.59 Å². The van der Waals surface area contributed by atoms with Gasteiger partial charge in [0.05, 0.1) is 24.4 Å². The predicted molar refractivity (Wildman–Crippen MR) is 130 cm³/mol. The number of amides is 2. The van der Waals surface area contributed by atoms with Crippen LogP contribution in [0.25, 0.3) is 0 Å². The second-order valence-electron chi connectivity index (χ2n) is 7.36. The Labute approximate surface area is 201 Å². The molecule has 2 amide bonds. The molecule has 0 aliphatic rings. The largest absolute Gasteiger partial charge is 0.493 e. The normalized spacial score (nSPS) is 12.0. The Balaban J connectivity index is 2.09. The average molecular weight is 525 g/mol. The molecule has 0 spiro atoms. The highest BCUT2D eigenvalue weighted by Gasteiger charge is 2.22. The van der Waals surface area contributed by atoms with Crippen molar-refractivity contribution in [2.24, 2.45) is 11.0 Å². The van der Waals surface area contributed by atoms with Crippen molar-refractivity contribution in [2.75, 3.05) is 13.7 Å². The Morgan fingerprint density at radius 3 is 2.50 bits per heavy atom. The van der Waals surface area contributed by atoms with Gasteiger partial charge in [0.1, 0.15) is 6.04 Å². The first-order valence-corrected chi connectivity index (χ1v) is 11.3. The molecule has 7 nitrogen and oxygen atoms in total. The highest BCUT2D eigenvalue weighted by molar-refractivity contribution is 9.10. The second kappa shape index (κ2) is 12.5. The van der Waals surface area contributed by atoms with Crippen LogP contribution in [0, 0.1) is 5.92 Å². The van der Waals surface area contributed by atoms with E-state index in [-0.39, 0.29) is 11.8 Å². The fourth-order valence-electron chi connectivity index (χ4n) is 2.89. The van der Waals surface area contributed by atoms with Gasteiger partial charge in [-0.25, -0.2) is 5.43 Å². The van der Waals surface area contributed by atoms with Crippen LogP contribution in [-0.4, -0.2) is 37.8 Å². The molecule has 0 aliphatic heterocycles. The molecule has 2 rings (SSSR count). The average Bonchev–Trinajstić information content (AvgIpc) is 2.75. The number of hydrazone groups is 1. The predicted octanol–water partition coefficient (Wildman–Crippen LogP) is 4.80. The van der Waals surface area contributed by atoms with Gasteiger partial charge in [0, 0.05) is 10.6 Å². The Kier molecular flexibility index (Phi) is 9.99. The fraction of sp³-hybridized carbons (Fsp3) is 0.348. The maximum absolute atomic E-state index is 12.7. The van der Waals surface area contributed by atoms with Crippen LogP contribution in [0.1, 0.15) is 43.1 Å². The molecule has 172 valence electrons. The van der Waals surface area contributed by atoms with Crippen LogP contribution < -0.4 is 20.2 Å². The number of hydrogen-bond donors (Lipinski definition) is 2. The van der Waals surface area contributed by atoms with E-state index in [0.717, 1.165) is 0 Å². The van der Waals surface area contributed by atoms with Crippen molar-refractivity contribution in [3.8, 4) is 11.5 Å². The van der Waals surface area contributed by atoms with Crippen molar-refractivity contribution in [1.29, 1.82) is 0 Å². The van der Waals surface area contributed by atoms with E-state index in [1.807, 2.05) is 20.8 Å². The van der Waals surface area contributed by atoms with Crippen molar-refractivity contribution in [3.63, 3.8) is 0 Å². The number of hydrogen-bond acceptors (Lipinski definition) is 5. The molecule has 32 heavy (non-hydrogen) atoms. The molecule has 1 unspecified atom stereocenters. The standard InChI is InChI=1S/C23H27BrClN3O4/c1-5-32-21-18(24)11-15(12-20(21)31-4)13-26-28-23(30)19(10-14(2)3)27-22(29)16-6-8-17(25)9-7-16/h6-9,11-14,19H,5,10H2,1-4H3,(H,27,29)(H,28,30)/b26-13+. The van der Waals surface area contributed by atoms with Crippen molar-refractivity contribution in [3.05, 3.63) is 57.0 Å². The SMILES string of the molecule is CCOc1c(Br)cc(/C=N/NC(=O)C(CC(C)C)NC(=O)c2ccc(Cl)cc2)cc1OC. The van der Waals surface area contributed by atoms with Crippen molar-refractivity contribution >= 4 is 45.6 Å². The summed E-state index contributed by atoms with van der Waals surface area (Å²) in [7, 11) is 1.55. The van der Waals surface area contributed by atoms with Crippen LogP contribution in [0.3, 0.4) is 0 Å². The summed E-state index contributed by atoms with van der Waals surface area (Å²) in [4.78, 5) is 25.2. The summed E-state index contributed by atoms with van der Waals surface area (Å²) in [6.45, 7) is 6.33. The number of ether oxygens (including phenoxy) is 2. The molecule has 0 fully saturated rings. The van der Waals surface area contributed by atoms with E-state index in [1.54, 1.807) is 43.5 Å². The van der Waals surface area contributed by atoms with Gasteiger partial charge in [-0.2, -0.15) is 5.10 Å². The number of rotatable bonds is 10. The van der Waals surface area contributed by atoms with E-state index >= 15 is 0 Å². The Hall–Kier alpha value is -2.58. The summed E-state index contributed by atoms with van der Waals surface area (Å²) < 4.78 is 11.6. The lowest BCUT2D eigenvalue weighted by Gasteiger charge is -2.19. The maximum Gasteiger partial charge on any atom is 0.262 e. The fourth-order valence-corrected chi connectivity index (χ4v) is 3.59. The van der Waals surface area contributed by atoms with E-state index < -0.39 is 11.9 Å².